The molecule has 2 aromatic carbocycles. The number of aryl methyl sites for hydroxylation is 3. The zero-order valence-electron chi connectivity index (χ0n) is 30.3. The number of hydrogen-bond acceptors (Lipinski definition) is 5. The average Bonchev–Trinajstić information content (AvgIpc) is 3.00. The summed E-state index contributed by atoms with van der Waals surface area (Å²) in [5, 5.41) is 2.47. The van der Waals surface area contributed by atoms with Crippen LogP contribution in [0.15, 0.2) is 35.3 Å². The number of aromatic nitrogens is 1. The summed E-state index contributed by atoms with van der Waals surface area (Å²) < 4.78 is 122. The summed E-state index contributed by atoms with van der Waals surface area (Å²) in [5.41, 5.74) is -4.55. The Bertz CT molecular complexity index is 1870. The maximum atomic E-state index is 16.7. The number of ether oxygens (including phenoxy) is 1. The van der Waals surface area contributed by atoms with Gasteiger partial charge in [0.25, 0.3) is 5.56 Å². The molecule has 7 nitrogen and oxygen atoms in total. The number of carbonyl (C=O) groups excluding carboxylic acids is 2. The number of amides is 1. The second-order valence-electron chi connectivity index (χ2n) is 13.9. The van der Waals surface area contributed by atoms with Crippen molar-refractivity contribution in [3.05, 3.63) is 91.4 Å². The van der Waals surface area contributed by atoms with Crippen LogP contribution in [0.4, 0.5) is 35.1 Å². The minimum absolute atomic E-state index is 0.0303. The van der Waals surface area contributed by atoms with E-state index < -0.39 is 76.6 Å². The highest BCUT2D eigenvalue weighted by molar-refractivity contribution is 5.82. The second-order valence-corrected chi connectivity index (χ2v) is 13.9. The van der Waals surface area contributed by atoms with Crippen LogP contribution in [-0.2, 0) is 33.1 Å². The first-order chi connectivity index (χ1) is 24.6. The molecule has 0 aliphatic carbocycles. The number of alkyl halides is 6. The van der Waals surface area contributed by atoms with Crippen LogP contribution < -0.4 is 10.9 Å². The van der Waals surface area contributed by atoms with Gasteiger partial charge in [-0.1, -0.05) is 13.8 Å². The number of nitrogens with zero attached hydrogens (tertiary/aromatic N) is 2. The summed E-state index contributed by atoms with van der Waals surface area (Å²) >= 11 is 0. The molecule has 1 N–H and O–H groups in total. The largest absolute Gasteiger partial charge is 0.466 e. The average molecular weight is 758 g/mol. The maximum Gasteiger partial charge on any atom is 0.416 e. The quantitative estimate of drug-likeness (QED) is 0.140. The topological polar surface area (TPSA) is 80.6 Å². The van der Waals surface area contributed by atoms with E-state index in [0.717, 1.165) is 35.4 Å². The Morgan fingerprint density at radius 1 is 0.906 bits per heavy atom. The van der Waals surface area contributed by atoms with E-state index in [2.05, 4.69) is 5.32 Å². The molecule has 1 fully saturated rings. The van der Waals surface area contributed by atoms with Crippen LogP contribution in [0.5, 0.6) is 0 Å². The molecule has 4 rings (SSSR count). The van der Waals surface area contributed by atoms with E-state index in [1.54, 1.807) is 13.8 Å². The van der Waals surface area contributed by atoms with Gasteiger partial charge in [-0.3, -0.25) is 14.4 Å². The maximum absolute atomic E-state index is 16.7. The second kappa shape index (κ2) is 16.4. The van der Waals surface area contributed by atoms with Gasteiger partial charge < -0.3 is 19.5 Å². The van der Waals surface area contributed by atoms with Gasteiger partial charge in [-0.05, 0) is 112 Å². The molecule has 0 saturated carbocycles. The lowest BCUT2D eigenvalue weighted by atomic mass is 9.88. The molecule has 290 valence electrons. The number of hydrogen-bond donors (Lipinski definition) is 1. The normalized spacial score (nSPS) is 14.9. The fourth-order valence-electron chi connectivity index (χ4n) is 6.69. The van der Waals surface area contributed by atoms with E-state index in [1.165, 1.54) is 27.7 Å². The lowest BCUT2D eigenvalue weighted by Crippen LogP contribution is -2.41. The standard InChI is InChI=1S/C38H43F8N3O4/c1-7-53-31(51)18-28(33-34(39)23(6)16-26(35(33)40)32-21(4)14-25(15-22(32)5)37(41,42)43)47-36(52)29(13-20(2)3)49-19-24(9-12-48-10-8-11-48)27(17-30(49)50)38(44,45)46/h14-17,19-20,28-29H,7-13,18H2,1-6H3,(H,47,52)/t28-,29?/m0/s1. The molecule has 0 radical (unpaired) electrons. The fraction of sp³-hybridized carbons (Fsp3) is 0.500. The van der Waals surface area contributed by atoms with E-state index in [1.807, 2.05) is 4.90 Å². The summed E-state index contributed by atoms with van der Waals surface area (Å²) in [6.45, 7) is 10.5. The lowest BCUT2D eigenvalue weighted by Gasteiger charge is -2.31. The van der Waals surface area contributed by atoms with Crippen LogP contribution in [0.3, 0.4) is 0 Å². The highest BCUT2D eigenvalue weighted by Crippen LogP contribution is 2.40. The van der Waals surface area contributed by atoms with Crippen molar-refractivity contribution in [1.29, 1.82) is 0 Å². The number of rotatable bonds is 13. The zero-order chi connectivity index (χ0) is 39.6. The van der Waals surface area contributed by atoms with Gasteiger partial charge in [-0.25, -0.2) is 8.78 Å². The smallest absolute Gasteiger partial charge is 0.416 e. The predicted molar refractivity (Wildman–Crippen MR) is 182 cm³/mol. The van der Waals surface area contributed by atoms with Crippen LogP contribution in [0, 0.1) is 38.3 Å². The number of benzene rings is 2. The SMILES string of the molecule is CCOC(=O)C[C@H](NC(=O)C(CC(C)C)n1cc(CCN2CCC2)c(C(F)(F)F)cc1=O)c1c(F)c(C)cc(-c2c(C)cc(C(F)(F)F)cc2C)c1F. The van der Waals surface area contributed by atoms with Gasteiger partial charge in [0.15, 0.2) is 0 Å². The van der Waals surface area contributed by atoms with Crippen LogP contribution in [-0.4, -0.2) is 47.6 Å². The number of esters is 1. The number of carbonyl (C=O) groups is 2. The molecule has 1 saturated heterocycles. The van der Waals surface area contributed by atoms with Gasteiger partial charge in [-0.15, -0.1) is 0 Å². The fourth-order valence-corrected chi connectivity index (χ4v) is 6.69. The van der Waals surface area contributed by atoms with Gasteiger partial charge in [0.2, 0.25) is 5.91 Å². The van der Waals surface area contributed by atoms with Crippen LogP contribution >= 0.6 is 0 Å². The minimum Gasteiger partial charge on any atom is -0.466 e. The van der Waals surface area contributed by atoms with Crippen molar-refractivity contribution < 1.29 is 49.4 Å². The number of pyridine rings is 1. The highest BCUT2D eigenvalue weighted by Gasteiger charge is 2.37. The molecule has 0 bridgehead atoms. The van der Waals surface area contributed by atoms with E-state index in [4.69, 9.17) is 4.74 Å². The highest BCUT2D eigenvalue weighted by atomic mass is 19.4. The lowest BCUT2D eigenvalue weighted by molar-refractivity contribution is -0.144. The molecule has 0 spiro atoms. The molecule has 53 heavy (non-hydrogen) atoms. The summed E-state index contributed by atoms with van der Waals surface area (Å²) in [6, 6.07) is -0.0239. The number of likely N-dealkylation sites (tertiary alicyclic amines) is 1. The van der Waals surface area contributed by atoms with Crippen molar-refractivity contribution in [1.82, 2.24) is 14.8 Å². The van der Waals surface area contributed by atoms with Crippen molar-refractivity contribution in [2.75, 3.05) is 26.2 Å². The van der Waals surface area contributed by atoms with Gasteiger partial charge in [-0.2, -0.15) is 26.3 Å². The Balaban J connectivity index is 1.85. The van der Waals surface area contributed by atoms with E-state index >= 15 is 8.78 Å². The molecule has 1 aliphatic heterocycles. The van der Waals surface area contributed by atoms with E-state index in [0.29, 0.717) is 19.2 Å². The Labute approximate surface area is 302 Å². The molecular weight excluding hydrogens is 714 g/mol. The van der Waals surface area contributed by atoms with Gasteiger partial charge in [0.05, 0.1) is 30.2 Å². The number of nitrogens with one attached hydrogen (secondary N) is 1. The molecule has 1 aliphatic rings. The summed E-state index contributed by atoms with van der Waals surface area (Å²) in [5.74, 6) is -4.68. The third kappa shape index (κ3) is 9.64. The number of halogens is 8. The van der Waals surface area contributed by atoms with E-state index in [9.17, 15) is 40.7 Å². The molecule has 1 unspecified atom stereocenters. The van der Waals surface area contributed by atoms with Crippen molar-refractivity contribution >= 4 is 11.9 Å². The van der Waals surface area contributed by atoms with Crippen molar-refractivity contribution in [2.24, 2.45) is 5.92 Å². The van der Waals surface area contributed by atoms with Crippen molar-refractivity contribution in [3.63, 3.8) is 0 Å². The van der Waals surface area contributed by atoms with E-state index in [-0.39, 0.29) is 65.3 Å². The third-order valence-electron chi connectivity index (χ3n) is 9.33. The Morgan fingerprint density at radius 2 is 1.53 bits per heavy atom. The molecule has 1 amide bonds. The van der Waals surface area contributed by atoms with Gasteiger partial charge in [0.1, 0.15) is 17.7 Å². The molecule has 1 aromatic heterocycles. The summed E-state index contributed by atoms with van der Waals surface area (Å²) in [6.07, 6.45) is -8.58. The first-order valence-corrected chi connectivity index (χ1v) is 17.3. The Hall–Kier alpha value is -4.27. The Kier molecular flexibility index (Phi) is 12.8. The first-order valence-electron chi connectivity index (χ1n) is 17.3. The zero-order valence-corrected chi connectivity index (χ0v) is 30.3. The van der Waals surface area contributed by atoms with Gasteiger partial charge >= 0.3 is 18.3 Å². The molecule has 2 heterocycles. The molecular formula is C38H43F8N3O4. The molecule has 3 aromatic rings. The summed E-state index contributed by atoms with van der Waals surface area (Å²) in [4.78, 5) is 42.2. The monoisotopic (exact) mass is 757 g/mol. The van der Waals surface area contributed by atoms with Crippen molar-refractivity contribution in [2.45, 2.75) is 91.7 Å². The molecule has 2 atom stereocenters. The van der Waals surface area contributed by atoms with Gasteiger partial charge in [0, 0.05) is 29.9 Å². The van der Waals surface area contributed by atoms with Crippen LogP contribution in [0.1, 0.15) is 91.1 Å². The first kappa shape index (κ1) is 41.5. The summed E-state index contributed by atoms with van der Waals surface area (Å²) in [7, 11) is 0. The van der Waals surface area contributed by atoms with Crippen molar-refractivity contribution in [3.8, 4) is 11.1 Å². The minimum atomic E-state index is -4.86. The Morgan fingerprint density at radius 3 is 2.04 bits per heavy atom. The van der Waals surface area contributed by atoms with Crippen LogP contribution in [0.25, 0.3) is 11.1 Å². The van der Waals surface area contributed by atoms with Crippen LogP contribution in [0.2, 0.25) is 0 Å². The predicted octanol–water partition coefficient (Wildman–Crippen LogP) is 8.40. The third-order valence-corrected chi connectivity index (χ3v) is 9.33. The molecule has 15 heteroatoms.